The molecule has 0 saturated carbocycles. The molecule has 1 rings (SSSR count). The number of aliphatic hydroxyl groups excluding tert-OH is 1. The number of rotatable bonds is 3. The molecule has 0 radical (unpaired) electrons. The van der Waals surface area contributed by atoms with Gasteiger partial charge in [-0.15, -0.1) is 0 Å². The van der Waals surface area contributed by atoms with Crippen LogP contribution in [0.25, 0.3) is 0 Å². The van der Waals surface area contributed by atoms with Gasteiger partial charge in [0.1, 0.15) is 0 Å². The fourth-order valence-electron chi connectivity index (χ4n) is 1.16. The summed E-state index contributed by atoms with van der Waals surface area (Å²) >= 11 is 0. The van der Waals surface area contributed by atoms with Crippen molar-refractivity contribution < 1.29 is 5.11 Å². The number of nitrogens with zero attached hydrogens (tertiary/aromatic N) is 1. The van der Waals surface area contributed by atoms with Gasteiger partial charge in [-0.2, -0.15) is 0 Å². The standard InChI is InChI=1S/C10H17N3O/c1-7(6-14)13(2)8-3-4-9(11)10(12)5-8/h3-5,7,14H,6,11-12H2,1-2H3. The van der Waals surface area contributed by atoms with E-state index in [0.29, 0.717) is 11.4 Å². The van der Waals surface area contributed by atoms with Crippen molar-refractivity contribution in [2.75, 3.05) is 30.0 Å². The van der Waals surface area contributed by atoms with Gasteiger partial charge in [0.15, 0.2) is 0 Å². The van der Waals surface area contributed by atoms with E-state index in [9.17, 15) is 0 Å². The molecule has 14 heavy (non-hydrogen) atoms. The van der Waals surface area contributed by atoms with Gasteiger partial charge in [0.05, 0.1) is 18.0 Å². The fraction of sp³-hybridized carbons (Fsp3) is 0.400. The minimum Gasteiger partial charge on any atom is -0.397 e. The number of anilines is 3. The first-order valence-corrected chi connectivity index (χ1v) is 4.55. The van der Waals surface area contributed by atoms with Crippen molar-refractivity contribution in [3.63, 3.8) is 0 Å². The van der Waals surface area contributed by atoms with Crippen molar-refractivity contribution in [1.82, 2.24) is 0 Å². The Morgan fingerprint density at radius 1 is 1.36 bits per heavy atom. The highest BCUT2D eigenvalue weighted by atomic mass is 16.3. The van der Waals surface area contributed by atoms with Gasteiger partial charge < -0.3 is 21.5 Å². The number of aliphatic hydroxyl groups is 1. The first-order valence-electron chi connectivity index (χ1n) is 4.55. The van der Waals surface area contributed by atoms with Crippen LogP contribution in [-0.2, 0) is 0 Å². The van der Waals surface area contributed by atoms with Crippen LogP contribution in [0, 0.1) is 0 Å². The zero-order valence-electron chi connectivity index (χ0n) is 8.57. The van der Waals surface area contributed by atoms with Crippen molar-refractivity contribution >= 4 is 17.1 Å². The summed E-state index contributed by atoms with van der Waals surface area (Å²) in [6, 6.07) is 5.53. The van der Waals surface area contributed by atoms with Gasteiger partial charge in [-0.05, 0) is 25.1 Å². The van der Waals surface area contributed by atoms with Crippen LogP contribution in [0.3, 0.4) is 0 Å². The summed E-state index contributed by atoms with van der Waals surface area (Å²) in [7, 11) is 1.91. The van der Waals surface area contributed by atoms with Crippen LogP contribution in [0.5, 0.6) is 0 Å². The number of likely N-dealkylation sites (N-methyl/N-ethyl adjacent to an activating group) is 1. The smallest absolute Gasteiger partial charge is 0.0632 e. The molecule has 0 spiro atoms. The lowest BCUT2D eigenvalue weighted by Crippen LogP contribution is -2.31. The molecular weight excluding hydrogens is 178 g/mol. The van der Waals surface area contributed by atoms with Gasteiger partial charge in [-0.1, -0.05) is 0 Å². The maximum atomic E-state index is 8.99. The van der Waals surface area contributed by atoms with E-state index in [-0.39, 0.29) is 12.6 Å². The second-order valence-corrected chi connectivity index (χ2v) is 3.46. The number of benzene rings is 1. The Kier molecular flexibility index (Phi) is 3.19. The molecule has 0 aromatic heterocycles. The maximum Gasteiger partial charge on any atom is 0.0632 e. The zero-order valence-corrected chi connectivity index (χ0v) is 8.57. The summed E-state index contributed by atoms with van der Waals surface area (Å²) in [5.74, 6) is 0. The van der Waals surface area contributed by atoms with Gasteiger partial charge in [0.2, 0.25) is 0 Å². The highest BCUT2D eigenvalue weighted by Crippen LogP contribution is 2.23. The number of hydrogen-bond donors (Lipinski definition) is 3. The maximum absolute atomic E-state index is 8.99. The van der Waals surface area contributed by atoms with Crippen molar-refractivity contribution in [3.8, 4) is 0 Å². The lowest BCUT2D eigenvalue weighted by atomic mass is 10.2. The molecule has 1 aromatic carbocycles. The molecule has 0 heterocycles. The monoisotopic (exact) mass is 195 g/mol. The van der Waals surface area contributed by atoms with E-state index in [1.165, 1.54) is 0 Å². The number of hydrogen-bond acceptors (Lipinski definition) is 4. The first-order chi connectivity index (χ1) is 6.56. The minimum atomic E-state index is 0.0676. The van der Waals surface area contributed by atoms with Gasteiger partial charge in [-0.25, -0.2) is 0 Å². The molecule has 0 aliphatic rings. The molecule has 1 unspecified atom stereocenters. The van der Waals surface area contributed by atoms with Crippen LogP contribution in [0.4, 0.5) is 17.1 Å². The molecule has 1 aromatic rings. The second kappa shape index (κ2) is 4.19. The number of nitrogens with two attached hydrogens (primary N) is 2. The summed E-state index contributed by atoms with van der Waals surface area (Å²) in [6.07, 6.45) is 0. The minimum absolute atomic E-state index is 0.0676. The van der Waals surface area contributed by atoms with Crippen LogP contribution in [0.2, 0.25) is 0 Å². The van der Waals surface area contributed by atoms with Gasteiger partial charge in [0.25, 0.3) is 0 Å². The lowest BCUT2D eigenvalue weighted by molar-refractivity contribution is 0.270. The van der Waals surface area contributed by atoms with E-state index in [4.69, 9.17) is 16.6 Å². The van der Waals surface area contributed by atoms with Crippen LogP contribution >= 0.6 is 0 Å². The Morgan fingerprint density at radius 3 is 2.50 bits per heavy atom. The highest BCUT2D eigenvalue weighted by Gasteiger charge is 2.09. The van der Waals surface area contributed by atoms with E-state index in [1.807, 2.05) is 31.0 Å². The average Bonchev–Trinajstić information content (AvgIpc) is 2.20. The molecule has 0 saturated heterocycles. The first kappa shape index (κ1) is 10.7. The summed E-state index contributed by atoms with van der Waals surface area (Å²) in [6.45, 7) is 2.05. The quantitative estimate of drug-likeness (QED) is 0.620. The van der Waals surface area contributed by atoms with E-state index in [2.05, 4.69) is 0 Å². The normalized spacial score (nSPS) is 12.5. The number of nitrogen functional groups attached to an aromatic ring is 2. The summed E-state index contributed by atoms with van der Waals surface area (Å²) in [5.41, 5.74) is 13.4. The van der Waals surface area contributed by atoms with Crippen LogP contribution in [-0.4, -0.2) is 24.8 Å². The fourth-order valence-corrected chi connectivity index (χ4v) is 1.16. The topological polar surface area (TPSA) is 75.5 Å². The Morgan fingerprint density at radius 2 is 2.00 bits per heavy atom. The van der Waals surface area contributed by atoms with E-state index >= 15 is 0 Å². The Bertz CT molecular complexity index is 314. The van der Waals surface area contributed by atoms with Gasteiger partial charge in [-0.3, -0.25) is 0 Å². The lowest BCUT2D eigenvalue weighted by Gasteiger charge is -2.25. The molecule has 0 fully saturated rings. The zero-order chi connectivity index (χ0) is 10.7. The molecule has 5 N–H and O–H groups in total. The Hall–Kier alpha value is -1.42. The third kappa shape index (κ3) is 2.09. The molecule has 0 aliphatic heterocycles. The predicted octanol–water partition coefficient (Wildman–Crippen LogP) is 0.668. The van der Waals surface area contributed by atoms with E-state index in [0.717, 1.165) is 5.69 Å². The van der Waals surface area contributed by atoms with Gasteiger partial charge in [0, 0.05) is 18.8 Å². The van der Waals surface area contributed by atoms with Crippen molar-refractivity contribution in [3.05, 3.63) is 18.2 Å². The third-order valence-electron chi connectivity index (χ3n) is 2.40. The Labute approximate surface area is 84.1 Å². The average molecular weight is 195 g/mol. The molecule has 0 aliphatic carbocycles. The van der Waals surface area contributed by atoms with Crippen LogP contribution in [0.15, 0.2) is 18.2 Å². The molecule has 78 valence electrons. The van der Waals surface area contributed by atoms with Crippen LogP contribution < -0.4 is 16.4 Å². The summed E-state index contributed by atoms with van der Waals surface area (Å²) in [4.78, 5) is 1.95. The Balaban J connectivity index is 2.91. The predicted molar refractivity (Wildman–Crippen MR) is 60.2 cm³/mol. The molecule has 4 nitrogen and oxygen atoms in total. The van der Waals surface area contributed by atoms with E-state index in [1.54, 1.807) is 6.07 Å². The third-order valence-corrected chi connectivity index (χ3v) is 2.40. The van der Waals surface area contributed by atoms with Crippen molar-refractivity contribution in [2.24, 2.45) is 0 Å². The summed E-state index contributed by atoms with van der Waals surface area (Å²) < 4.78 is 0. The largest absolute Gasteiger partial charge is 0.397 e. The molecule has 1 atom stereocenters. The molecule has 0 bridgehead atoms. The SMILES string of the molecule is CC(CO)N(C)c1ccc(N)c(N)c1. The molecule has 4 heteroatoms. The van der Waals surface area contributed by atoms with Gasteiger partial charge >= 0.3 is 0 Å². The van der Waals surface area contributed by atoms with Crippen molar-refractivity contribution in [2.45, 2.75) is 13.0 Å². The highest BCUT2D eigenvalue weighted by molar-refractivity contribution is 5.69. The summed E-state index contributed by atoms with van der Waals surface area (Å²) in [5, 5.41) is 8.99. The second-order valence-electron chi connectivity index (χ2n) is 3.46. The van der Waals surface area contributed by atoms with Crippen molar-refractivity contribution in [1.29, 1.82) is 0 Å². The molecular formula is C10H17N3O. The van der Waals surface area contributed by atoms with E-state index < -0.39 is 0 Å². The van der Waals surface area contributed by atoms with Crippen LogP contribution in [0.1, 0.15) is 6.92 Å². The molecule has 0 amide bonds.